The molecule has 1 aromatic rings. The van der Waals surface area contributed by atoms with E-state index in [-0.39, 0.29) is 0 Å². The lowest BCUT2D eigenvalue weighted by molar-refractivity contribution is 0.00854. The quantitative estimate of drug-likeness (QED) is 0.895. The van der Waals surface area contributed by atoms with Gasteiger partial charge in [0.25, 0.3) is 0 Å². The molecular weight excluding hydrogens is 226 g/mol. The molecule has 1 heterocycles. The molecule has 0 radical (unpaired) electrons. The standard InChI is InChI=1S/C15H23NO2/c1-10-9-16-13(12(3)14(10)18-4)8-15(17)7-5-6-11(15)2/h9,11,17H,5-8H2,1-4H3. The van der Waals surface area contributed by atoms with Crippen LogP contribution in [-0.2, 0) is 6.42 Å². The summed E-state index contributed by atoms with van der Waals surface area (Å²) in [6.45, 7) is 6.15. The van der Waals surface area contributed by atoms with Crippen molar-refractivity contribution in [2.45, 2.75) is 52.1 Å². The largest absolute Gasteiger partial charge is 0.496 e. The van der Waals surface area contributed by atoms with Gasteiger partial charge in [0.15, 0.2) is 0 Å². The Kier molecular flexibility index (Phi) is 3.62. The molecule has 1 fully saturated rings. The Morgan fingerprint density at radius 3 is 2.78 bits per heavy atom. The van der Waals surface area contributed by atoms with Crippen molar-refractivity contribution in [1.82, 2.24) is 4.98 Å². The van der Waals surface area contributed by atoms with E-state index in [1.165, 1.54) is 0 Å². The lowest BCUT2D eigenvalue weighted by Crippen LogP contribution is -2.34. The molecule has 0 amide bonds. The molecule has 2 atom stereocenters. The molecule has 2 rings (SSSR count). The van der Waals surface area contributed by atoms with Gasteiger partial charge in [-0.2, -0.15) is 0 Å². The second-order valence-corrected chi connectivity index (χ2v) is 5.62. The lowest BCUT2D eigenvalue weighted by atomic mass is 9.86. The van der Waals surface area contributed by atoms with Crippen molar-refractivity contribution in [2.24, 2.45) is 5.92 Å². The minimum atomic E-state index is -0.585. The maximum atomic E-state index is 10.7. The summed E-state index contributed by atoms with van der Waals surface area (Å²) in [4.78, 5) is 4.49. The maximum absolute atomic E-state index is 10.7. The second kappa shape index (κ2) is 4.88. The first-order valence-electron chi connectivity index (χ1n) is 6.69. The molecule has 100 valence electrons. The summed E-state index contributed by atoms with van der Waals surface area (Å²) in [7, 11) is 1.69. The molecule has 3 nitrogen and oxygen atoms in total. The predicted octanol–water partition coefficient (Wildman–Crippen LogP) is 2.80. The fraction of sp³-hybridized carbons (Fsp3) is 0.667. The van der Waals surface area contributed by atoms with Gasteiger partial charge in [0.1, 0.15) is 5.75 Å². The molecule has 1 saturated carbocycles. The Morgan fingerprint density at radius 1 is 1.50 bits per heavy atom. The SMILES string of the molecule is COc1c(C)cnc(CC2(O)CCCC2C)c1C. The average molecular weight is 249 g/mol. The first kappa shape index (κ1) is 13.3. The van der Waals surface area contributed by atoms with E-state index in [2.05, 4.69) is 11.9 Å². The highest BCUT2D eigenvalue weighted by Gasteiger charge is 2.39. The normalized spacial score (nSPS) is 27.5. The molecule has 0 aromatic carbocycles. The molecule has 0 bridgehead atoms. The summed E-state index contributed by atoms with van der Waals surface area (Å²) >= 11 is 0. The molecule has 0 aliphatic heterocycles. The van der Waals surface area contributed by atoms with Crippen LogP contribution in [0, 0.1) is 19.8 Å². The zero-order chi connectivity index (χ0) is 13.3. The van der Waals surface area contributed by atoms with E-state index >= 15 is 0 Å². The van der Waals surface area contributed by atoms with Crippen LogP contribution in [0.2, 0.25) is 0 Å². The average Bonchev–Trinajstić information content (AvgIpc) is 2.64. The molecule has 2 unspecified atom stereocenters. The number of nitrogens with zero attached hydrogens (tertiary/aromatic N) is 1. The van der Waals surface area contributed by atoms with Gasteiger partial charge in [-0.05, 0) is 32.6 Å². The highest BCUT2D eigenvalue weighted by Crippen LogP contribution is 2.38. The van der Waals surface area contributed by atoms with Crippen LogP contribution >= 0.6 is 0 Å². The molecule has 1 aromatic heterocycles. The zero-order valence-corrected chi connectivity index (χ0v) is 11.8. The summed E-state index contributed by atoms with van der Waals surface area (Å²) in [5.74, 6) is 1.25. The zero-order valence-electron chi connectivity index (χ0n) is 11.8. The Morgan fingerprint density at radius 2 is 2.22 bits per heavy atom. The number of methoxy groups -OCH3 is 1. The predicted molar refractivity (Wildman–Crippen MR) is 71.9 cm³/mol. The van der Waals surface area contributed by atoms with E-state index in [1.807, 2.05) is 20.0 Å². The van der Waals surface area contributed by atoms with Crippen molar-refractivity contribution in [3.8, 4) is 5.75 Å². The van der Waals surface area contributed by atoms with E-state index in [9.17, 15) is 5.11 Å². The van der Waals surface area contributed by atoms with Gasteiger partial charge in [0.2, 0.25) is 0 Å². The number of hydrogen-bond donors (Lipinski definition) is 1. The van der Waals surface area contributed by atoms with Crippen molar-refractivity contribution < 1.29 is 9.84 Å². The number of hydrogen-bond acceptors (Lipinski definition) is 3. The topological polar surface area (TPSA) is 42.4 Å². The highest BCUT2D eigenvalue weighted by molar-refractivity contribution is 5.41. The van der Waals surface area contributed by atoms with E-state index < -0.39 is 5.60 Å². The molecular formula is C15H23NO2. The Hall–Kier alpha value is -1.09. The number of aromatic nitrogens is 1. The van der Waals surface area contributed by atoms with Crippen LogP contribution in [0.5, 0.6) is 5.75 Å². The first-order chi connectivity index (χ1) is 8.48. The van der Waals surface area contributed by atoms with Crippen molar-refractivity contribution in [3.05, 3.63) is 23.0 Å². The molecule has 18 heavy (non-hydrogen) atoms. The van der Waals surface area contributed by atoms with Gasteiger partial charge >= 0.3 is 0 Å². The number of aryl methyl sites for hydroxylation is 1. The third-order valence-corrected chi connectivity index (χ3v) is 4.39. The van der Waals surface area contributed by atoms with Crippen LogP contribution in [0.3, 0.4) is 0 Å². The minimum Gasteiger partial charge on any atom is -0.496 e. The summed E-state index contributed by atoms with van der Waals surface area (Å²) in [5, 5.41) is 10.7. The Bertz CT molecular complexity index is 444. The van der Waals surface area contributed by atoms with Gasteiger partial charge in [-0.15, -0.1) is 0 Å². The lowest BCUT2D eigenvalue weighted by Gasteiger charge is -2.28. The monoisotopic (exact) mass is 249 g/mol. The Labute approximate surface area is 109 Å². The maximum Gasteiger partial charge on any atom is 0.128 e. The van der Waals surface area contributed by atoms with Gasteiger partial charge < -0.3 is 9.84 Å². The molecule has 0 saturated heterocycles. The second-order valence-electron chi connectivity index (χ2n) is 5.62. The molecule has 1 aliphatic rings. The van der Waals surface area contributed by atoms with Crippen molar-refractivity contribution in [2.75, 3.05) is 7.11 Å². The van der Waals surface area contributed by atoms with E-state index in [0.717, 1.165) is 41.8 Å². The van der Waals surface area contributed by atoms with Crippen molar-refractivity contribution >= 4 is 0 Å². The molecule has 0 spiro atoms. The van der Waals surface area contributed by atoms with Gasteiger partial charge in [0.05, 0.1) is 12.7 Å². The van der Waals surface area contributed by atoms with E-state index in [0.29, 0.717) is 12.3 Å². The van der Waals surface area contributed by atoms with E-state index in [4.69, 9.17) is 4.74 Å². The Balaban J connectivity index is 2.30. The highest BCUT2D eigenvalue weighted by atomic mass is 16.5. The van der Waals surface area contributed by atoms with Crippen LogP contribution in [0.4, 0.5) is 0 Å². The van der Waals surface area contributed by atoms with Crippen LogP contribution in [0.15, 0.2) is 6.20 Å². The summed E-state index contributed by atoms with van der Waals surface area (Å²) in [6, 6.07) is 0. The van der Waals surface area contributed by atoms with Gasteiger partial charge in [-0.25, -0.2) is 0 Å². The van der Waals surface area contributed by atoms with E-state index in [1.54, 1.807) is 7.11 Å². The van der Waals surface area contributed by atoms with Crippen LogP contribution in [-0.4, -0.2) is 22.8 Å². The number of pyridine rings is 1. The number of aliphatic hydroxyl groups is 1. The number of rotatable bonds is 3. The summed E-state index contributed by atoms with van der Waals surface area (Å²) in [6.07, 6.45) is 5.57. The van der Waals surface area contributed by atoms with Gasteiger partial charge in [-0.1, -0.05) is 13.3 Å². The van der Waals surface area contributed by atoms with Crippen molar-refractivity contribution in [3.63, 3.8) is 0 Å². The molecule has 1 N–H and O–H groups in total. The van der Waals surface area contributed by atoms with Crippen LogP contribution in [0.1, 0.15) is 43.0 Å². The minimum absolute atomic E-state index is 0.353. The summed E-state index contributed by atoms with van der Waals surface area (Å²) in [5.41, 5.74) is 2.49. The third-order valence-electron chi connectivity index (χ3n) is 4.39. The first-order valence-corrected chi connectivity index (χ1v) is 6.69. The third kappa shape index (κ3) is 2.24. The van der Waals surface area contributed by atoms with Gasteiger partial charge in [0, 0.05) is 29.4 Å². The van der Waals surface area contributed by atoms with Crippen molar-refractivity contribution in [1.29, 1.82) is 0 Å². The summed E-state index contributed by atoms with van der Waals surface area (Å²) < 4.78 is 5.42. The number of ether oxygens (including phenoxy) is 1. The smallest absolute Gasteiger partial charge is 0.128 e. The molecule has 1 aliphatic carbocycles. The fourth-order valence-electron chi connectivity index (χ4n) is 3.03. The van der Waals surface area contributed by atoms with Crippen LogP contribution in [0.25, 0.3) is 0 Å². The molecule has 3 heteroatoms. The fourth-order valence-corrected chi connectivity index (χ4v) is 3.03. The van der Waals surface area contributed by atoms with Gasteiger partial charge in [-0.3, -0.25) is 4.98 Å². The van der Waals surface area contributed by atoms with Crippen LogP contribution < -0.4 is 4.74 Å².